The zero-order valence-electron chi connectivity index (χ0n) is 31.5. The first kappa shape index (κ1) is 35.9. The number of hydrogen-bond acceptors (Lipinski definition) is 9. The Morgan fingerprint density at radius 1 is 1.00 bits per heavy atom. The zero-order valence-corrected chi connectivity index (χ0v) is 32.3. The highest BCUT2D eigenvalue weighted by Crippen LogP contribution is 2.72. The van der Waals surface area contributed by atoms with E-state index in [-0.39, 0.29) is 39.6 Å². The number of aromatic carboxylic acids is 1. The van der Waals surface area contributed by atoms with Gasteiger partial charge in [-0.2, -0.15) is 5.10 Å². The van der Waals surface area contributed by atoms with E-state index in [2.05, 4.69) is 33.8 Å². The highest BCUT2D eigenvalue weighted by atomic mass is 32.1. The number of halogens is 1. The third-order valence-corrected chi connectivity index (χ3v) is 13.5. The molecule has 2 aromatic carbocycles. The van der Waals surface area contributed by atoms with Gasteiger partial charge in [0.1, 0.15) is 11.6 Å². The van der Waals surface area contributed by atoms with Crippen LogP contribution in [0.4, 0.5) is 15.3 Å². The number of amides is 1. The predicted molar refractivity (Wildman–Crippen MR) is 210 cm³/mol. The van der Waals surface area contributed by atoms with E-state index in [1.165, 1.54) is 23.8 Å². The number of rotatable bonds is 10. The Morgan fingerprint density at radius 2 is 1.78 bits per heavy atom. The van der Waals surface area contributed by atoms with Crippen LogP contribution >= 0.6 is 11.3 Å². The number of benzene rings is 2. The maximum absolute atomic E-state index is 15.5. The zero-order chi connectivity index (χ0) is 38.3. The van der Waals surface area contributed by atoms with Gasteiger partial charge in [0.25, 0.3) is 5.91 Å². The molecule has 0 spiro atoms. The Labute approximate surface area is 323 Å². The molecular formula is C42H46FN7O4S. The molecule has 10 rings (SSSR count). The molecule has 5 aromatic rings. The molecule has 4 N–H and O–H groups in total. The van der Waals surface area contributed by atoms with Crippen LogP contribution < -0.4 is 16.0 Å². The van der Waals surface area contributed by atoms with Crippen molar-refractivity contribution in [1.29, 1.82) is 0 Å². The number of carbonyl (C=O) groups is 2. The molecule has 286 valence electrons. The third-order valence-electron chi connectivity index (χ3n) is 12.6. The van der Waals surface area contributed by atoms with Crippen molar-refractivity contribution in [3.05, 3.63) is 88.6 Å². The topological polar surface area (TPSA) is 148 Å². The van der Waals surface area contributed by atoms with Crippen molar-refractivity contribution in [1.82, 2.24) is 19.7 Å². The largest absolute Gasteiger partial charge is 0.476 e. The molecule has 13 heteroatoms. The van der Waals surface area contributed by atoms with Crippen molar-refractivity contribution < 1.29 is 23.8 Å². The summed E-state index contributed by atoms with van der Waals surface area (Å²) in [5.41, 5.74) is 10.3. The van der Waals surface area contributed by atoms with Crippen LogP contribution in [0.25, 0.3) is 21.3 Å². The Hall–Kier alpha value is -4.72. The molecule has 0 radical (unpaired) electrons. The van der Waals surface area contributed by atoms with Gasteiger partial charge in [0.2, 0.25) is 0 Å². The van der Waals surface area contributed by atoms with Gasteiger partial charge in [0, 0.05) is 43.0 Å². The summed E-state index contributed by atoms with van der Waals surface area (Å²) < 4.78 is 25.0. The fourth-order valence-corrected chi connectivity index (χ4v) is 12.6. The van der Waals surface area contributed by atoms with Crippen molar-refractivity contribution in [3.63, 3.8) is 0 Å². The fraction of sp³-hybridized carbons (Fsp3) is 0.452. The molecule has 1 aliphatic heterocycles. The number of ether oxygens (including phenoxy) is 1. The molecule has 2 unspecified atom stereocenters. The van der Waals surface area contributed by atoms with Gasteiger partial charge in [-0.1, -0.05) is 43.4 Å². The Balaban J connectivity index is 0.981. The Bertz CT molecular complexity index is 2320. The molecular weight excluding hydrogens is 718 g/mol. The van der Waals surface area contributed by atoms with Crippen LogP contribution in [-0.4, -0.2) is 62.0 Å². The molecule has 2 atom stereocenters. The monoisotopic (exact) mass is 763 g/mol. The first-order chi connectivity index (χ1) is 26.3. The maximum atomic E-state index is 15.5. The van der Waals surface area contributed by atoms with Crippen molar-refractivity contribution in [2.75, 3.05) is 29.9 Å². The lowest BCUT2D eigenvalue weighted by molar-refractivity contribution is -0.247. The number of hydrogen-bond donors (Lipinski definition) is 3. The van der Waals surface area contributed by atoms with Crippen LogP contribution in [0.1, 0.15) is 90.0 Å². The van der Waals surface area contributed by atoms with Gasteiger partial charge in [-0.05, 0) is 110 Å². The molecule has 0 saturated heterocycles. The number of thiazole rings is 1. The van der Waals surface area contributed by atoms with E-state index in [1.54, 1.807) is 18.3 Å². The minimum absolute atomic E-state index is 0.0206. The smallest absolute Gasteiger partial charge is 0.355 e. The van der Waals surface area contributed by atoms with Crippen molar-refractivity contribution in [2.45, 2.75) is 84.4 Å². The second-order valence-corrected chi connectivity index (χ2v) is 18.4. The summed E-state index contributed by atoms with van der Waals surface area (Å²) in [7, 11) is 0. The standard InChI is InChI=1S/C42H46FN7O4S/c1-25-28(16-45-50(25)24-41-19-39(2)18-40(3,20-41)22-42(21-39,23-41)54-15-13-44)27-9-11-33(47-35(27)37(52)53)49-14-12-26-8-10-30(43)34(29(26)17-49)36(51)48-38-46-31-6-4-5-7-32(31)55-38/h4-11,16H,12-15,17-24,44H2,1-3H3,(H,52,53)(H,46,48,51). The van der Waals surface area contributed by atoms with E-state index < -0.39 is 17.7 Å². The number of carbonyl (C=O) groups excluding carboxylic acids is 1. The third kappa shape index (κ3) is 6.30. The maximum Gasteiger partial charge on any atom is 0.355 e. The predicted octanol–water partition coefficient (Wildman–Crippen LogP) is 7.61. The first-order valence-electron chi connectivity index (χ1n) is 19.1. The number of nitrogens with one attached hydrogen (secondary N) is 1. The summed E-state index contributed by atoms with van der Waals surface area (Å²) >= 11 is 1.33. The van der Waals surface area contributed by atoms with E-state index in [9.17, 15) is 14.7 Å². The molecule has 55 heavy (non-hydrogen) atoms. The Kier molecular flexibility index (Phi) is 8.45. The summed E-state index contributed by atoms with van der Waals surface area (Å²) in [5, 5.41) is 18.5. The van der Waals surface area contributed by atoms with Gasteiger partial charge in [0.15, 0.2) is 10.8 Å². The average Bonchev–Trinajstić information content (AvgIpc) is 3.70. The number of fused-ring (bicyclic) bond motifs is 2. The van der Waals surface area contributed by atoms with Crippen molar-refractivity contribution in [3.8, 4) is 11.1 Å². The molecule has 1 amide bonds. The highest BCUT2D eigenvalue weighted by molar-refractivity contribution is 7.22. The minimum atomic E-state index is -1.15. The van der Waals surface area contributed by atoms with E-state index in [0.29, 0.717) is 48.2 Å². The van der Waals surface area contributed by atoms with Crippen LogP contribution in [0.5, 0.6) is 0 Å². The molecule has 4 fully saturated rings. The van der Waals surface area contributed by atoms with E-state index >= 15 is 4.39 Å². The average molecular weight is 764 g/mol. The van der Waals surface area contributed by atoms with Crippen molar-refractivity contribution >= 4 is 44.4 Å². The number of anilines is 2. The molecule has 4 aliphatic carbocycles. The number of nitrogens with two attached hydrogens (primary N) is 1. The highest BCUT2D eigenvalue weighted by Gasteiger charge is 2.66. The quantitative estimate of drug-likeness (QED) is 0.131. The second-order valence-electron chi connectivity index (χ2n) is 17.3. The van der Waals surface area contributed by atoms with E-state index in [0.717, 1.165) is 65.7 Å². The molecule has 11 nitrogen and oxygen atoms in total. The van der Waals surface area contributed by atoms with Crippen LogP contribution in [-0.2, 0) is 24.2 Å². The van der Waals surface area contributed by atoms with E-state index in [1.807, 2.05) is 42.2 Å². The summed E-state index contributed by atoms with van der Waals surface area (Å²) in [4.78, 5) is 37.5. The van der Waals surface area contributed by atoms with Gasteiger partial charge in [-0.25, -0.2) is 19.2 Å². The van der Waals surface area contributed by atoms with Gasteiger partial charge in [-0.3, -0.25) is 14.8 Å². The Morgan fingerprint density at radius 3 is 2.53 bits per heavy atom. The van der Waals surface area contributed by atoms with Crippen LogP contribution in [0.15, 0.2) is 54.7 Å². The van der Waals surface area contributed by atoms with Gasteiger partial charge in [-0.15, -0.1) is 0 Å². The number of para-hydroxylation sites is 1. The van der Waals surface area contributed by atoms with Crippen LogP contribution in [0.3, 0.4) is 0 Å². The lowest BCUT2D eigenvalue weighted by Crippen LogP contribution is -2.64. The molecule has 5 aliphatic rings. The minimum Gasteiger partial charge on any atom is -0.476 e. The van der Waals surface area contributed by atoms with Crippen molar-refractivity contribution in [2.24, 2.45) is 22.0 Å². The molecule has 4 bridgehead atoms. The number of pyridine rings is 1. The normalized spacial score (nSPS) is 26.7. The van der Waals surface area contributed by atoms with Crippen LogP contribution in [0.2, 0.25) is 0 Å². The summed E-state index contributed by atoms with van der Waals surface area (Å²) in [5.74, 6) is -1.91. The number of nitrogens with zero attached hydrogens (tertiary/aromatic N) is 5. The molecule has 3 aromatic heterocycles. The number of aromatic nitrogens is 4. The fourth-order valence-electron chi connectivity index (χ4n) is 11.7. The summed E-state index contributed by atoms with van der Waals surface area (Å²) in [6.07, 6.45) is 8.84. The van der Waals surface area contributed by atoms with Gasteiger partial charge >= 0.3 is 5.97 Å². The van der Waals surface area contributed by atoms with Gasteiger partial charge in [0.05, 0.1) is 34.2 Å². The summed E-state index contributed by atoms with van der Waals surface area (Å²) in [6, 6.07) is 14.2. The summed E-state index contributed by atoms with van der Waals surface area (Å²) in [6.45, 7) is 9.37. The lowest BCUT2D eigenvalue weighted by Gasteiger charge is -2.69. The SMILES string of the molecule is Cc1c(-c2ccc(N3CCc4ccc(F)c(C(=O)Nc5nc6ccccc6s5)c4C3)nc2C(=O)O)cnn1CC12CC3(C)CC(C)(C1)CC(OCCN)(C3)C2. The van der Waals surface area contributed by atoms with Crippen LogP contribution in [0, 0.1) is 29.0 Å². The van der Waals surface area contributed by atoms with E-state index in [4.69, 9.17) is 15.6 Å². The van der Waals surface area contributed by atoms with Gasteiger partial charge < -0.3 is 20.5 Å². The second kappa shape index (κ2) is 12.9. The molecule has 4 saturated carbocycles. The first-order valence-corrected chi connectivity index (χ1v) is 19.9. The lowest BCUT2D eigenvalue weighted by atomic mass is 9.39. The molecule has 4 heterocycles. The number of carboxylic acids is 1. The number of carboxylic acid groups (broad SMARTS) is 1.